The van der Waals surface area contributed by atoms with Gasteiger partial charge in [-0.15, -0.1) is 0 Å². The van der Waals surface area contributed by atoms with Crippen molar-refractivity contribution in [2.45, 2.75) is 20.0 Å². The zero-order chi connectivity index (χ0) is 14.7. The number of benzene rings is 1. The van der Waals surface area contributed by atoms with E-state index >= 15 is 0 Å². The first-order chi connectivity index (χ1) is 10.3. The van der Waals surface area contributed by atoms with Crippen LogP contribution in [0.15, 0.2) is 30.5 Å². The summed E-state index contributed by atoms with van der Waals surface area (Å²) in [7, 11) is 0. The van der Waals surface area contributed by atoms with Crippen LogP contribution in [0.3, 0.4) is 0 Å². The SMILES string of the molecule is [CH2]CCNn1c(COCC)nc2cnc3ccccc3c21. The van der Waals surface area contributed by atoms with Gasteiger partial charge < -0.3 is 10.2 Å². The molecule has 0 unspecified atom stereocenters. The molecule has 0 amide bonds. The third-order valence-corrected chi connectivity index (χ3v) is 3.34. The second-order valence-electron chi connectivity index (χ2n) is 4.77. The van der Waals surface area contributed by atoms with Gasteiger partial charge in [0, 0.05) is 18.5 Å². The molecule has 0 saturated heterocycles. The van der Waals surface area contributed by atoms with E-state index in [4.69, 9.17) is 4.74 Å². The second kappa shape index (κ2) is 6.10. The fraction of sp³-hybridized carbons (Fsp3) is 0.312. The lowest BCUT2D eigenvalue weighted by molar-refractivity contribution is 0.127. The van der Waals surface area contributed by atoms with Crippen molar-refractivity contribution in [1.82, 2.24) is 14.6 Å². The molecular weight excluding hydrogens is 264 g/mol. The van der Waals surface area contributed by atoms with Gasteiger partial charge in [-0.05, 0) is 19.4 Å². The molecule has 0 aliphatic carbocycles. The minimum absolute atomic E-state index is 0.476. The molecule has 0 aliphatic rings. The minimum Gasteiger partial charge on any atom is -0.374 e. The molecule has 0 atom stereocenters. The number of hydrogen-bond acceptors (Lipinski definition) is 4. The van der Waals surface area contributed by atoms with Crippen molar-refractivity contribution in [3.05, 3.63) is 43.2 Å². The van der Waals surface area contributed by atoms with Crippen LogP contribution in [-0.2, 0) is 11.3 Å². The molecule has 1 N–H and O–H groups in total. The van der Waals surface area contributed by atoms with Gasteiger partial charge in [0.15, 0.2) is 5.82 Å². The number of fused-ring (bicyclic) bond motifs is 3. The monoisotopic (exact) mass is 283 g/mol. The Labute approximate surface area is 123 Å². The van der Waals surface area contributed by atoms with E-state index in [1.807, 2.05) is 36.0 Å². The maximum atomic E-state index is 5.52. The van der Waals surface area contributed by atoms with Crippen LogP contribution in [0.1, 0.15) is 19.2 Å². The van der Waals surface area contributed by atoms with Gasteiger partial charge in [0.05, 0.1) is 11.7 Å². The highest BCUT2D eigenvalue weighted by atomic mass is 16.5. The highest BCUT2D eigenvalue weighted by Gasteiger charge is 2.13. The van der Waals surface area contributed by atoms with Gasteiger partial charge in [0.25, 0.3) is 0 Å². The molecule has 0 spiro atoms. The van der Waals surface area contributed by atoms with Crippen molar-refractivity contribution in [2.75, 3.05) is 18.6 Å². The van der Waals surface area contributed by atoms with Crippen LogP contribution in [0.2, 0.25) is 0 Å². The molecular formula is C16H19N4O. The molecule has 2 heterocycles. The first-order valence-electron chi connectivity index (χ1n) is 7.21. The van der Waals surface area contributed by atoms with E-state index in [1.54, 1.807) is 0 Å². The first-order valence-corrected chi connectivity index (χ1v) is 7.21. The van der Waals surface area contributed by atoms with E-state index in [2.05, 4.69) is 28.4 Å². The molecule has 2 aromatic heterocycles. The van der Waals surface area contributed by atoms with E-state index in [-0.39, 0.29) is 0 Å². The summed E-state index contributed by atoms with van der Waals surface area (Å²) in [5.41, 5.74) is 6.25. The third kappa shape index (κ3) is 2.56. The van der Waals surface area contributed by atoms with Crippen molar-refractivity contribution in [3.8, 4) is 0 Å². The number of para-hydroxylation sites is 1. The fourth-order valence-corrected chi connectivity index (χ4v) is 2.40. The Morgan fingerprint density at radius 1 is 1.29 bits per heavy atom. The Kier molecular flexibility index (Phi) is 4.01. The number of aromatic nitrogens is 3. The number of ether oxygens (including phenoxy) is 1. The lowest BCUT2D eigenvalue weighted by Gasteiger charge is -2.12. The largest absolute Gasteiger partial charge is 0.374 e. The number of pyridine rings is 1. The van der Waals surface area contributed by atoms with Gasteiger partial charge >= 0.3 is 0 Å². The molecule has 5 nitrogen and oxygen atoms in total. The molecule has 21 heavy (non-hydrogen) atoms. The van der Waals surface area contributed by atoms with Crippen LogP contribution in [0, 0.1) is 6.92 Å². The predicted octanol–water partition coefficient (Wildman–Crippen LogP) is 2.89. The van der Waals surface area contributed by atoms with Crippen LogP contribution in [-0.4, -0.2) is 27.8 Å². The Bertz CT molecular complexity index is 750. The predicted molar refractivity (Wildman–Crippen MR) is 84.6 cm³/mol. The fourth-order valence-electron chi connectivity index (χ4n) is 2.40. The molecule has 0 bridgehead atoms. The van der Waals surface area contributed by atoms with E-state index in [9.17, 15) is 0 Å². The molecule has 1 aromatic carbocycles. The van der Waals surface area contributed by atoms with Gasteiger partial charge in [-0.2, -0.15) is 0 Å². The average molecular weight is 283 g/mol. The highest BCUT2D eigenvalue weighted by molar-refractivity contribution is 6.02. The third-order valence-electron chi connectivity index (χ3n) is 3.34. The summed E-state index contributed by atoms with van der Waals surface area (Å²) in [6.07, 6.45) is 2.62. The van der Waals surface area contributed by atoms with Gasteiger partial charge in [0.1, 0.15) is 17.6 Å². The maximum absolute atomic E-state index is 5.52. The number of rotatable bonds is 6. The molecule has 1 radical (unpaired) electrons. The van der Waals surface area contributed by atoms with Gasteiger partial charge in [-0.3, -0.25) is 4.98 Å². The van der Waals surface area contributed by atoms with Crippen molar-refractivity contribution in [1.29, 1.82) is 0 Å². The Morgan fingerprint density at radius 3 is 2.95 bits per heavy atom. The summed E-state index contributed by atoms with van der Waals surface area (Å²) >= 11 is 0. The lowest BCUT2D eigenvalue weighted by atomic mass is 10.2. The molecule has 0 saturated carbocycles. The van der Waals surface area contributed by atoms with E-state index in [1.165, 1.54) is 0 Å². The van der Waals surface area contributed by atoms with Crippen molar-refractivity contribution < 1.29 is 4.74 Å². The minimum atomic E-state index is 0.476. The Balaban J connectivity index is 2.20. The van der Waals surface area contributed by atoms with Gasteiger partial charge in [-0.25, -0.2) is 9.66 Å². The van der Waals surface area contributed by atoms with Crippen LogP contribution < -0.4 is 5.43 Å². The first kappa shape index (κ1) is 13.8. The van der Waals surface area contributed by atoms with Crippen LogP contribution in [0.25, 0.3) is 21.9 Å². The van der Waals surface area contributed by atoms with Crippen LogP contribution in [0.4, 0.5) is 0 Å². The average Bonchev–Trinajstić information content (AvgIpc) is 2.88. The second-order valence-corrected chi connectivity index (χ2v) is 4.77. The number of nitrogens with zero attached hydrogens (tertiary/aromatic N) is 3. The maximum Gasteiger partial charge on any atom is 0.154 e. The van der Waals surface area contributed by atoms with Crippen molar-refractivity contribution in [2.24, 2.45) is 0 Å². The summed E-state index contributed by atoms with van der Waals surface area (Å²) in [4.78, 5) is 9.11. The van der Waals surface area contributed by atoms with Crippen molar-refractivity contribution in [3.63, 3.8) is 0 Å². The topological polar surface area (TPSA) is 52.0 Å². The van der Waals surface area contributed by atoms with Crippen LogP contribution in [0.5, 0.6) is 0 Å². The lowest BCUT2D eigenvalue weighted by Crippen LogP contribution is -2.19. The van der Waals surface area contributed by atoms with Gasteiger partial charge in [0.2, 0.25) is 0 Å². The smallest absolute Gasteiger partial charge is 0.154 e. The summed E-state index contributed by atoms with van der Waals surface area (Å²) in [5.74, 6) is 0.860. The molecule has 109 valence electrons. The van der Waals surface area contributed by atoms with E-state index in [0.29, 0.717) is 13.2 Å². The van der Waals surface area contributed by atoms with Crippen LogP contribution >= 0.6 is 0 Å². The quantitative estimate of drug-likeness (QED) is 0.755. The normalized spacial score (nSPS) is 11.3. The zero-order valence-corrected chi connectivity index (χ0v) is 12.2. The molecule has 0 aliphatic heterocycles. The van der Waals surface area contributed by atoms with E-state index in [0.717, 1.165) is 40.7 Å². The molecule has 3 rings (SSSR count). The highest BCUT2D eigenvalue weighted by Crippen LogP contribution is 2.24. The van der Waals surface area contributed by atoms with Gasteiger partial charge in [-0.1, -0.05) is 25.1 Å². The number of imidazole rings is 1. The Hall–Kier alpha value is -2.14. The van der Waals surface area contributed by atoms with Crippen molar-refractivity contribution >= 4 is 21.9 Å². The zero-order valence-electron chi connectivity index (χ0n) is 12.2. The van der Waals surface area contributed by atoms with E-state index < -0.39 is 0 Å². The summed E-state index contributed by atoms with van der Waals surface area (Å²) < 4.78 is 7.54. The number of hydrogen-bond donors (Lipinski definition) is 1. The summed E-state index contributed by atoms with van der Waals surface area (Å²) in [6.45, 7) is 7.78. The summed E-state index contributed by atoms with van der Waals surface area (Å²) in [5, 5.41) is 1.09. The molecule has 3 aromatic rings. The number of nitrogens with one attached hydrogen (secondary N) is 1. The summed E-state index contributed by atoms with van der Waals surface area (Å²) in [6, 6.07) is 8.09. The molecule has 5 heteroatoms. The standard InChI is InChI=1S/C16H19N4O/c1-3-9-18-20-15(11-21-4-2)19-14-10-17-13-8-6-5-7-12(13)16(14)20/h5-8,10,18H,1,3-4,9,11H2,2H3. The molecule has 0 fully saturated rings. The Morgan fingerprint density at radius 2 is 2.14 bits per heavy atom.